The molecule has 0 saturated carbocycles. The summed E-state index contributed by atoms with van der Waals surface area (Å²) in [5, 5.41) is 9.46. The van der Waals surface area contributed by atoms with Crippen molar-refractivity contribution in [3.05, 3.63) is 77.5 Å². The molecule has 2 aromatic heterocycles. The molecule has 4 aromatic rings. The third kappa shape index (κ3) is 7.61. The molecule has 0 bridgehead atoms. The highest BCUT2D eigenvalue weighted by atomic mass is 19.3. The molecule has 1 aliphatic heterocycles. The lowest BCUT2D eigenvalue weighted by Gasteiger charge is -2.37. The van der Waals surface area contributed by atoms with Crippen LogP contribution in [0, 0.1) is 11.6 Å². The molecule has 0 aliphatic carbocycles. The fraction of sp³-hybridized carbons (Fsp3) is 0.400. The van der Waals surface area contributed by atoms with E-state index in [-0.39, 0.29) is 42.4 Å². The summed E-state index contributed by atoms with van der Waals surface area (Å²) < 4.78 is 70.7. The minimum atomic E-state index is -2.94. The number of fused-ring (bicyclic) bond motifs is 1. The van der Waals surface area contributed by atoms with Gasteiger partial charge in [0.25, 0.3) is 0 Å². The van der Waals surface area contributed by atoms with Crippen molar-refractivity contribution in [1.82, 2.24) is 24.4 Å². The van der Waals surface area contributed by atoms with Crippen LogP contribution in [0.2, 0.25) is 0 Å². The van der Waals surface area contributed by atoms with E-state index >= 15 is 0 Å². The first-order chi connectivity index (χ1) is 21.0. The summed E-state index contributed by atoms with van der Waals surface area (Å²) >= 11 is 0. The Morgan fingerprint density at radius 3 is 2.68 bits per heavy atom. The van der Waals surface area contributed by atoms with Gasteiger partial charge in [0.15, 0.2) is 17.4 Å². The third-order valence-corrected chi connectivity index (χ3v) is 7.38. The Hall–Kier alpha value is -4.30. The van der Waals surface area contributed by atoms with Gasteiger partial charge in [-0.15, -0.1) is 0 Å². The topological polar surface area (TPSA) is 112 Å². The van der Waals surface area contributed by atoms with E-state index in [1.807, 2.05) is 6.92 Å². The highest BCUT2D eigenvalue weighted by molar-refractivity contribution is 5.92. The molecule has 0 amide bonds. The second-order valence-electron chi connectivity index (χ2n) is 10.6. The van der Waals surface area contributed by atoms with E-state index in [1.54, 1.807) is 16.7 Å². The van der Waals surface area contributed by atoms with E-state index < -0.39 is 30.3 Å². The Morgan fingerprint density at radius 2 is 1.95 bits per heavy atom. The second-order valence-corrected chi connectivity index (χ2v) is 10.6. The molecule has 0 spiro atoms. The first-order valence-corrected chi connectivity index (χ1v) is 14.0. The van der Waals surface area contributed by atoms with E-state index in [0.29, 0.717) is 48.7 Å². The number of aromatic nitrogens is 4. The summed E-state index contributed by atoms with van der Waals surface area (Å²) in [4.78, 5) is 27.0. The van der Waals surface area contributed by atoms with E-state index in [2.05, 4.69) is 19.6 Å². The lowest BCUT2D eigenvalue weighted by molar-refractivity contribution is -0.160. The van der Waals surface area contributed by atoms with Gasteiger partial charge in [-0.25, -0.2) is 23.5 Å². The Labute approximate surface area is 250 Å². The predicted molar refractivity (Wildman–Crippen MR) is 149 cm³/mol. The van der Waals surface area contributed by atoms with Gasteiger partial charge in [-0.3, -0.25) is 4.90 Å². The number of aromatic carboxylic acids is 1. The van der Waals surface area contributed by atoms with Gasteiger partial charge in [0, 0.05) is 30.9 Å². The van der Waals surface area contributed by atoms with Gasteiger partial charge < -0.3 is 23.9 Å². The number of nitrogens with zero attached hydrogens (tertiary/aromatic N) is 5. The number of imidazole rings is 1. The van der Waals surface area contributed by atoms with Crippen molar-refractivity contribution in [2.24, 2.45) is 0 Å². The van der Waals surface area contributed by atoms with Crippen LogP contribution < -0.4 is 9.47 Å². The van der Waals surface area contributed by atoms with Crippen LogP contribution in [0.15, 0.2) is 48.7 Å². The highest BCUT2D eigenvalue weighted by Gasteiger charge is 2.29. The number of piperidine rings is 1. The lowest BCUT2D eigenvalue weighted by atomic mass is 10.0. The summed E-state index contributed by atoms with van der Waals surface area (Å²) in [6.45, 7) is 1.62. The van der Waals surface area contributed by atoms with Gasteiger partial charge in [-0.05, 0) is 57.0 Å². The number of carboxylic acid groups (broad SMARTS) is 1. The summed E-state index contributed by atoms with van der Waals surface area (Å²) in [5.41, 5.74) is 1.16. The number of hydrogen-bond donors (Lipinski definition) is 1. The Morgan fingerprint density at radius 1 is 1.14 bits per heavy atom. The lowest BCUT2D eigenvalue weighted by Crippen LogP contribution is -2.44. The van der Waals surface area contributed by atoms with Gasteiger partial charge >= 0.3 is 12.6 Å². The number of rotatable bonds is 12. The van der Waals surface area contributed by atoms with Crippen molar-refractivity contribution in [2.75, 3.05) is 6.54 Å². The smallest absolute Gasteiger partial charge is 0.345 e. The molecule has 2 aromatic carbocycles. The van der Waals surface area contributed by atoms with Crippen LogP contribution in [0.4, 0.5) is 17.6 Å². The normalized spacial score (nSPS) is 18.1. The van der Waals surface area contributed by atoms with E-state index in [9.17, 15) is 27.5 Å². The number of likely N-dealkylation sites (tertiary alicyclic amines) is 1. The largest absolute Gasteiger partial charge is 0.483 e. The van der Waals surface area contributed by atoms with Crippen molar-refractivity contribution in [1.29, 1.82) is 0 Å². The molecule has 1 N–H and O–H groups in total. The van der Waals surface area contributed by atoms with Gasteiger partial charge in [-0.2, -0.15) is 13.8 Å². The molecule has 10 nitrogen and oxygen atoms in total. The van der Waals surface area contributed by atoms with Crippen molar-refractivity contribution >= 4 is 17.0 Å². The first kappa shape index (κ1) is 31.1. The molecule has 44 heavy (non-hydrogen) atoms. The third-order valence-electron chi connectivity index (χ3n) is 7.38. The molecule has 3 atom stereocenters. The monoisotopic (exact) mass is 617 g/mol. The maximum Gasteiger partial charge on any atom is 0.345 e. The molecule has 3 heterocycles. The van der Waals surface area contributed by atoms with Crippen LogP contribution in [-0.4, -0.2) is 66.9 Å². The maximum atomic E-state index is 13.9. The molecule has 1 saturated heterocycles. The van der Waals surface area contributed by atoms with Gasteiger partial charge in [0.2, 0.25) is 5.88 Å². The van der Waals surface area contributed by atoms with Gasteiger partial charge in [0.1, 0.15) is 24.4 Å². The average Bonchev–Trinajstić information content (AvgIpc) is 3.29. The zero-order chi connectivity index (χ0) is 31.4. The standard InChI is InChI=1S/C30H31F4N5O5/c1-17-11-21(44-28-7-9-35-26(37-28)16-42-25-6-4-20(31)13-22(25)32)8-10-38(17)15-27-36-23-5-3-19(29(40)41)12-24(23)39(27)14-18(2)43-30(33)34/h3-7,9,12-13,17-18,21,30H,8,10-11,14-16H2,1-2H3,(H,40,41)/t17-,18+,21-/m0/s1. The molecular weight excluding hydrogens is 586 g/mol. The summed E-state index contributed by atoms with van der Waals surface area (Å²) in [5.74, 6) is -1.53. The quantitative estimate of drug-likeness (QED) is 0.208. The number of halogens is 4. The van der Waals surface area contributed by atoms with Crippen molar-refractivity contribution in [2.45, 2.75) is 71.2 Å². The van der Waals surface area contributed by atoms with Crippen LogP contribution in [0.1, 0.15) is 48.7 Å². The summed E-state index contributed by atoms with van der Waals surface area (Å²) in [6, 6.07) is 9.26. The SMILES string of the molecule is C[C@H](Cn1c(CN2CC[C@H](Oc3ccnc(COc4ccc(F)cc4F)n3)C[C@@H]2C)nc2ccc(C(=O)O)cc21)OC(F)F. The van der Waals surface area contributed by atoms with E-state index in [0.717, 1.165) is 12.1 Å². The number of carbonyl (C=O) groups is 1. The summed E-state index contributed by atoms with van der Waals surface area (Å²) in [7, 11) is 0. The van der Waals surface area contributed by atoms with E-state index in [1.165, 1.54) is 31.3 Å². The fourth-order valence-electron chi connectivity index (χ4n) is 5.23. The molecule has 0 radical (unpaired) electrons. The summed E-state index contributed by atoms with van der Waals surface area (Å²) in [6.07, 6.45) is 1.84. The Kier molecular flexibility index (Phi) is 9.59. The number of benzene rings is 2. The zero-order valence-electron chi connectivity index (χ0n) is 24.0. The van der Waals surface area contributed by atoms with Gasteiger partial charge in [-0.1, -0.05) is 0 Å². The van der Waals surface area contributed by atoms with Crippen LogP contribution in [0.3, 0.4) is 0 Å². The number of hydrogen-bond acceptors (Lipinski definition) is 8. The number of ether oxygens (including phenoxy) is 3. The van der Waals surface area contributed by atoms with Crippen LogP contribution in [0.5, 0.6) is 11.6 Å². The fourth-order valence-corrected chi connectivity index (χ4v) is 5.23. The second kappa shape index (κ2) is 13.6. The molecule has 234 valence electrons. The Bertz CT molecular complexity index is 1620. The number of alkyl halides is 2. The minimum absolute atomic E-state index is 0.0532. The minimum Gasteiger partial charge on any atom is -0.483 e. The van der Waals surface area contributed by atoms with Crippen molar-refractivity contribution in [3.63, 3.8) is 0 Å². The molecular formula is C30H31F4N5O5. The molecule has 0 unspecified atom stereocenters. The molecule has 14 heteroatoms. The highest BCUT2D eigenvalue weighted by Crippen LogP contribution is 2.26. The molecule has 5 rings (SSSR count). The average molecular weight is 618 g/mol. The predicted octanol–water partition coefficient (Wildman–Crippen LogP) is 5.44. The molecule has 1 aliphatic rings. The van der Waals surface area contributed by atoms with Crippen LogP contribution in [-0.2, 0) is 24.4 Å². The van der Waals surface area contributed by atoms with Crippen LogP contribution >= 0.6 is 0 Å². The molecule has 1 fully saturated rings. The van der Waals surface area contributed by atoms with Crippen molar-refractivity contribution in [3.8, 4) is 11.6 Å². The van der Waals surface area contributed by atoms with E-state index in [4.69, 9.17) is 14.5 Å². The Balaban J connectivity index is 1.23. The van der Waals surface area contributed by atoms with Gasteiger partial charge in [0.05, 0.1) is 35.8 Å². The zero-order valence-corrected chi connectivity index (χ0v) is 24.0. The van der Waals surface area contributed by atoms with Crippen molar-refractivity contribution < 1.29 is 41.7 Å². The first-order valence-electron chi connectivity index (χ1n) is 14.0. The van der Waals surface area contributed by atoms with Crippen LogP contribution in [0.25, 0.3) is 11.0 Å². The number of carboxylic acids is 1. The maximum absolute atomic E-state index is 13.9.